The lowest BCUT2D eigenvalue weighted by Crippen LogP contribution is -2.42. The second-order valence-electron chi connectivity index (χ2n) is 5.95. The van der Waals surface area contributed by atoms with Gasteiger partial charge in [0, 0.05) is 12.6 Å². The third-order valence-corrected chi connectivity index (χ3v) is 4.68. The molecule has 2 fully saturated rings. The van der Waals surface area contributed by atoms with E-state index >= 15 is 0 Å². The molecule has 1 aromatic rings. The molecule has 2 aliphatic rings. The molecule has 1 aliphatic heterocycles. The highest BCUT2D eigenvalue weighted by Crippen LogP contribution is 2.45. The number of hydrogen-bond acceptors (Lipinski definition) is 4. The molecule has 4 nitrogen and oxygen atoms in total. The van der Waals surface area contributed by atoms with Crippen LogP contribution in [0.5, 0.6) is 0 Å². The summed E-state index contributed by atoms with van der Waals surface area (Å²) in [7, 11) is 0. The van der Waals surface area contributed by atoms with E-state index in [1.54, 1.807) is 0 Å². The van der Waals surface area contributed by atoms with Crippen LogP contribution in [0.25, 0.3) is 0 Å². The van der Waals surface area contributed by atoms with E-state index in [9.17, 15) is 4.79 Å². The van der Waals surface area contributed by atoms with Gasteiger partial charge in [-0.2, -0.15) is 0 Å². The summed E-state index contributed by atoms with van der Waals surface area (Å²) in [5.41, 5.74) is 0.763. The molecule has 3 rings (SSSR count). The van der Waals surface area contributed by atoms with E-state index in [1.165, 1.54) is 5.56 Å². The van der Waals surface area contributed by atoms with Gasteiger partial charge in [-0.3, -0.25) is 4.90 Å². The Kier molecular flexibility index (Phi) is 4.32. The van der Waals surface area contributed by atoms with Crippen molar-refractivity contribution in [3.8, 4) is 0 Å². The fraction of sp³-hybridized carbons (Fsp3) is 0.500. The van der Waals surface area contributed by atoms with Crippen LogP contribution < -0.4 is 0 Å². The van der Waals surface area contributed by atoms with Crippen molar-refractivity contribution in [3.05, 3.63) is 48.6 Å². The Morgan fingerprint density at radius 3 is 2.95 bits per heavy atom. The summed E-state index contributed by atoms with van der Waals surface area (Å²) in [6, 6.07) is 10.4. The normalized spacial score (nSPS) is 31.0. The van der Waals surface area contributed by atoms with Crippen molar-refractivity contribution in [2.45, 2.75) is 50.6 Å². The fourth-order valence-corrected chi connectivity index (χ4v) is 3.68. The third kappa shape index (κ3) is 2.57. The highest BCUT2D eigenvalue weighted by Gasteiger charge is 2.56. The molecule has 0 amide bonds. The third-order valence-electron chi connectivity index (χ3n) is 4.68. The number of esters is 1. The van der Waals surface area contributed by atoms with E-state index in [0.717, 1.165) is 19.3 Å². The minimum Gasteiger partial charge on any atom is -0.463 e. The van der Waals surface area contributed by atoms with Crippen LogP contribution in [0.15, 0.2) is 43.0 Å². The van der Waals surface area contributed by atoms with Gasteiger partial charge in [-0.1, -0.05) is 36.4 Å². The standard InChI is InChI=1S/C18H23NO3/c1-3-18-12-8-11-15(18)19(13-14-9-6-5-7-10-14)16(22-18)17(20)21-4-2/h3,5-7,9-10,15-16H,1,4,8,11-13H2,2H3/t15-,16?,18+/m1/s1. The Labute approximate surface area is 131 Å². The number of carbonyl (C=O) groups is 1. The van der Waals surface area contributed by atoms with Gasteiger partial charge in [0.25, 0.3) is 0 Å². The number of rotatable bonds is 5. The average Bonchev–Trinajstić information content (AvgIpc) is 3.07. The van der Waals surface area contributed by atoms with E-state index in [0.29, 0.717) is 13.2 Å². The summed E-state index contributed by atoms with van der Waals surface area (Å²) < 4.78 is 11.4. The largest absolute Gasteiger partial charge is 0.463 e. The summed E-state index contributed by atoms with van der Waals surface area (Å²) in [6.45, 7) is 6.82. The van der Waals surface area contributed by atoms with Crippen LogP contribution >= 0.6 is 0 Å². The first-order valence-corrected chi connectivity index (χ1v) is 7.98. The van der Waals surface area contributed by atoms with Crippen LogP contribution in [-0.4, -0.2) is 35.3 Å². The van der Waals surface area contributed by atoms with Gasteiger partial charge in [0.1, 0.15) is 5.60 Å². The summed E-state index contributed by atoms with van der Waals surface area (Å²) in [4.78, 5) is 14.5. The van der Waals surface area contributed by atoms with Gasteiger partial charge >= 0.3 is 5.97 Å². The van der Waals surface area contributed by atoms with Gasteiger partial charge in [0.05, 0.1) is 6.61 Å². The molecule has 0 N–H and O–H groups in total. The molecular weight excluding hydrogens is 278 g/mol. The van der Waals surface area contributed by atoms with E-state index in [4.69, 9.17) is 9.47 Å². The molecule has 1 heterocycles. The first kappa shape index (κ1) is 15.3. The lowest BCUT2D eigenvalue weighted by atomic mass is 9.97. The minimum atomic E-state index is -0.636. The zero-order valence-electron chi connectivity index (χ0n) is 13.0. The molecule has 4 heteroatoms. The predicted molar refractivity (Wildman–Crippen MR) is 84.1 cm³/mol. The summed E-state index contributed by atoms with van der Waals surface area (Å²) in [5, 5.41) is 0. The topological polar surface area (TPSA) is 38.8 Å². The van der Waals surface area contributed by atoms with Gasteiger partial charge < -0.3 is 9.47 Å². The van der Waals surface area contributed by atoms with Gasteiger partial charge in [-0.05, 0) is 31.7 Å². The smallest absolute Gasteiger partial charge is 0.350 e. The summed E-state index contributed by atoms with van der Waals surface area (Å²) >= 11 is 0. The second-order valence-corrected chi connectivity index (χ2v) is 5.95. The molecule has 3 atom stereocenters. The molecule has 0 bridgehead atoms. The van der Waals surface area contributed by atoms with Crippen molar-refractivity contribution in [1.29, 1.82) is 0 Å². The zero-order chi connectivity index (χ0) is 15.6. The number of fused-ring (bicyclic) bond motifs is 1. The molecular formula is C18H23NO3. The quantitative estimate of drug-likeness (QED) is 0.619. The van der Waals surface area contributed by atoms with Gasteiger partial charge in [0.2, 0.25) is 6.23 Å². The average molecular weight is 301 g/mol. The monoisotopic (exact) mass is 301 g/mol. The maximum absolute atomic E-state index is 12.3. The molecule has 1 aromatic carbocycles. The predicted octanol–water partition coefficient (Wildman–Crippen LogP) is 2.89. The number of nitrogens with zero attached hydrogens (tertiary/aromatic N) is 1. The molecule has 0 aromatic heterocycles. The number of ether oxygens (including phenoxy) is 2. The van der Waals surface area contributed by atoms with Crippen LogP contribution in [0.3, 0.4) is 0 Å². The number of hydrogen-bond donors (Lipinski definition) is 0. The lowest BCUT2D eigenvalue weighted by molar-refractivity contribution is -0.166. The van der Waals surface area contributed by atoms with Crippen LogP contribution in [0, 0.1) is 0 Å². The van der Waals surface area contributed by atoms with Crippen LogP contribution in [0.1, 0.15) is 31.7 Å². The maximum atomic E-state index is 12.3. The van der Waals surface area contributed by atoms with E-state index < -0.39 is 11.8 Å². The maximum Gasteiger partial charge on any atom is 0.350 e. The van der Waals surface area contributed by atoms with Crippen LogP contribution in [0.4, 0.5) is 0 Å². The summed E-state index contributed by atoms with van der Waals surface area (Å²) in [5.74, 6) is -0.297. The van der Waals surface area contributed by atoms with Crippen molar-refractivity contribution < 1.29 is 14.3 Å². The molecule has 118 valence electrons. The molecule has 1 saturated heterocycles. The van der Waals surface area contributed by atoms with Gasteiger partial charge in [-0.15, -0.1) is 6.58 Å². The van der Waals surface area contributed by atoms with E-state index in [2.05, 4.69) is 23.6 Å². The molecule has 1 unspecified atom stereocenters. The number of carbonyl (C=O) groups excluding carboxylic acids is 1. The van der Waals surface area contributed by atoms with E-state index in [1.807, 2.05) is 31.2 Å². The molecule has 1 aliphatic carbocycles. The molecule has 22 heavy (non-hydrogen) atoms. The first-order chi connectivity index (χ1) is 10.7. The van der Waals surface area contributed by atoms with Crippen molar-refractivity contribution in [2.24, 2.45) is 0 Å². The van der Waals surface area contributed by atoms with Crippen molar-refractivity contribution in [1.82, 2.24) is 4.90 Å². The Morgan fingerprint density at radius 2 is 2.27 bits per heavy atom. The Bertz CT molecular complexity index is 545. The van der Waals surface area contributed by atoms with E-state index in [-0.39, 0.29) is 12.0 Å². The SMILES string of the molecule is C=C[C@]12CCC[C@H]1N(Cc1ccccc1)C(C(=O)OCC)O2. The fourth-order valence-electron chi connectivity index (χ4n) is 3.68. The van der Waals surface area contributed by atoms with Crippen molar-refractivity contribution in [3.63, 3.8) is 0 Å². The van der Waals surface area contributed by atoms with Crippen LogP contribution in [-0.2, 0) is 20.8 Å². The van der Waals surface area contributed by atoms with Crippen molar-refractivity contribution >= 4 is 5.97 Å². The highest BCUT2D eigenvalue weighted by atomic mass is 16.6. The Hall–Kier alpha value is -1.65. The number of benzene rings is 1. The molecule has 0 spiro atoms. The highest BCUT2D eigenvalue weighted by molar-refractivity contribution is 5.75. The Morgan fingerprint density at radius 1 is 1.50 bits per heavy atom. The van der Waals surface area contributed by atoms with Gasteiger partial charge in [0.15, 0.2) is 0 Å². The lowest BCUT2D eigenvalue weighted by Gasteiger charge is -2.27. The minimum absolute atomic E-state index is 0.194. The summed E-state index contributed by atoms with van der Waals surface area (Å²) in [6.07, 6.45) is 4.28. The molecule has 1 saturated carbocycles. The Balaban J connectivity index is 1.87. The second kappa shape index (κ2) is 6.23. The molecule has 0 radical (unpaired) electrons. The van der Waals surface area contributed by atoms with Gasteiger partial charge in [-0.25, -0.2) is 4.79 Å². The van der Waals surface area contributed by atoms with Crippen LogP contribution in [0.2, 0.25) is 0 Å². The van der Waals surface area contributed by atoms with Crippen molar-refractivity contribution in [2.75, 3.05) is 6.61 Å². The first-order valence-electron chi connectivity index (χ1n) is 7.98. The zero-order valence-corrected chi connectivity index (χ0v) is 13.0.